The molecule has 6 nitrogen and oxygen atoms in total. The molecule has 0 atom stereocenters. The first kappa shape index (κ1) is 22.1. The topological polar surface area (TPSA) is 70.7 Å². The van der Waals surface area contributed by atoms with Gasteiger partial charge in [0.1, 0.15) is 0 Å². The van der Waals surface area contributed by atoms with E-state index in [9.17, 15) is 9.59 Å². The van der Waals surface area contributed by atoms with Gasteiger partial charge in [-0.15, -0.1) is 0 Å². The van der Waals surface area contributed by atoms with Crippen molar-refractivity contribution in [1.82, 2.24) is 10.2 Å². The van der Waals surface area contributed by atoms with Crippen LogP contribution in [0.25, 0.3) is 0 Å². The number of carbonyl (C=O) groups is 2. The van der Waals surface area contributed by atoms with Crippen LogP contribution in [-0.2, 0) is 22.6 Å². The number of hydrogen-bond donors (Lipinski definition) is 2. The Morgan fingerprint density at radius 1 is 1.20 bits per heavy atom. The minimum Gasteiger partial charge on any atom is -0.462 e. The number of nitrogens with zero attached hydrogens (tertiary/aromatic N) is 1. The molecule has 2 aromatic carbocycles. The zero-order valence-corrected chi connectivity index (χ0v) is 18.3. The van der Waals surface area contributed by atoms with Crippen LogP contribution in [0.5, 0.6) is 0 Å². The van der Waals surface area contributed by atoms with E-state index in [4.69, 9.17) is 28.6 Å². The maximum Gasteiger partial charge on any atom is 0.339 e. The molecule has 1 saturated heterocycles. The van der Waals surface area contributed by atoms with Crippen LogP contribution >= 0.6 is 23.8 Å². The summed E-state index contributed by atoms with van der Waals surface area (Å²) >= 11 is 11.4. The molecule has 1 amide bonds. The molecule has 1 heterocycles. The number of benzene rings is 2. The Labute approximate surface area is 186 Å². The van der Waals surface area contributed by atoms with Crippen molar-refractivity contribution in [2.75, 3.05) is 18.5 Å². The van der Waals surface area contributed by atoms with Crippen molar-refractivity contribution < 1.29 is 14.3 Å². The average Bonchev–Trinajstić information content (AvgIpc) is 3.13. The molecule has 8 heteroatoms. The van der Waals surface area contributed by atoms with Crippen LogP contribution in [0.3, 0.4) is 0 Å². The Bertz CT molecular complexity index is 934. The van der Waals surface area contributed by atoms with Crippen molar-refractivity contribution in [2.45, 2.75) is 32.9 Å². The van der Waals surface area contributed by atoms with Gasteiger partial charge in [-0.05, 0) is 54.9 Å². The minimum absolute atomic E-state index is 0.227. The number of thiocarbonyl (C=S) groups is 1. The molecule has 1 aliphatic rings. The summed E-state index contributed by atoms with van der Waals surface area (Å²) in [5.41, 5.74) is 3.12. The van der Waals surface area contributed by atoms with E-state index in [2.05, 4.69) is 10.6 Å². The highest BCUT2D eigenvalue weighted by Gasteiger charge is 2.19. The van der Waals surface area contributed by atoms with E-state index in [0.717, 1.165) is 24.1 Å². The lowest BCUT2D eigenvalue weighted by Gasteiger charge is -2.16. The van der Waals surface area contributed by atoms with Crippen molar-refractivity contribution in [1.29, 1.82) is 0 Å². The van der Waals surface area contributed by atoms with Crippen molar-refractivity contribution in [3.63, 3.8) is 0 Å². The molecule has 0 spiro atoms. The third-order valence-electron chi connectivity index (χ3n) is 4.74. The number of rotatable bonds is 7. The molecule has 2 N–H and O–H groups in total. The Balaban J connectivity index is 1.51. The molecule has 0 saturated carbocycles. The molecule has 2 aromatic rings. The first-order valence-electron chi connectivity index (χ1n) is 9.83. The standard InChI is InChI=1S/C22H24ClN3O3S/c1-2-29-21(28)18-12-17(9-10-19(18)23)25-22(30)24-13-15-5-7-16(8-6-15)14-26-11-3-4-20(26)27/h5-10,12H,2-4,11,13-14H2,1H3,(H2,24,25,30). The quantitative estimate of drug-likeness (QED) is 0.493. The number of esters is 1. The molecule has 30 heavy (non-hydrogen) atoms. The fourth-order valence-corrected chi connectivity index (χ4v) is 3.56. The summed E-state index contributed by atoms with van der Waals surface area (Å²) in [6.45, 7) is 4.06. The summed E-state index contributed by atoms with van der Waals surface area (Å²) in [5.74, 6) is -0.244. The number of nitrogens with one attached hydrogen (secondary N) is 2. The second-order valence-corrected chi connectivity index (χ2v) is 7.77. The highest BCUT2D eigenvalue weighted by molar-refractivity contribution is 7.80. The summed E-state index contributed by atoms with van der Waals surface area (Å²) in [4.78, 5) is 25.6. The molecule has 0 unspecified atom stereocenters. The molecule has 3 rings (SSSR count). The predicted molar refractivity (Wildman–Crippen MR) is 122 cm³/mol. The number of hydrogen-bond acceptors (Lipinski definition) is 4. The smallest absolute Gasteiger partial charge is 0.339 e. The number of halogens is 1. The first-order valence-corrected chi connectivity index (χ1v) is 10.6. The van der Waals surface area contributed by atoms with Gasteiger partial charge in [0.25, 0.3) is 0 Å². The summed E-state index contributed by atoms with van der Waals surface area (Å²) in [7, 11) is 0. The van der Waals surface area contributed by atoms with Crippen LogP contribution in [0.4, 0.5) is 5.69 Å². The molecule has 1 fully saturated rings. The van der Waals surface area contributed by atoms with Crippen LogP contribution in [0, 0.1) is 0 Å². The normalized spacial score (nSPS) is 13.3. The zero-order chi connectivity index (χ0) is 21.5. The van der Waals surface area contributed by atoms with Gasteiger partial charge in [0.05, 0.1) is 17.2 Å². The molecule has 158 valence electrons. The van der Waals surface area contributed by atoms with Crippen molar-refractivity contribution in [3.8, 4) is 0 Å². The number of amides is 1. The number of anilines is 1. The molecular weight excluding hydrogens is 422 g/mol. The van der Waals surface area contributed by atoms with Crippen LogP contribution in [0.1, 0.15) is 41.3 Å². The zero-order valence-electron chi connectivity index (χ0n) is 16.7. The fraction of sp³-hybridized carbons (Fsp3) is 0.318. The summed E-state index contributed by atoms with van der Waals surface area (Å²) in [6.07, 6.45) is 1.60. The fourth-order valence-electron chi connectivity index (χ4n) is 3.18. The van der Waals surface area contributed by atoms with Gasteiger partial charge in [-0.3, -0.25) is 4.79 Å². The van der Waals surface area contributed by atoms with Crippen LogP contribution in [0.15, 0.2) is 42.5 Å². The lowest BCUT2D eigenvalue weighted by atomic mass is 10.1. The number of ether oxygens (including phenoxy) is 1. The van der Waals surface area contributed by atoms with E-state index in [1.54, 1.807) is 25.1 Å². The first-order chi connectivity index (χ1) is 14.5. The van der Waals surface area contributed by atoms with Crippen LogP contribution in [0.2, 0.25) is 5.02 Å². The summed E-state index contributed by atoms with van der Waals surface area (Å²) in [6, 6.07) is 13.1. The monoisotopic (exact) mass is 445 g/mol. The lowest BCUT2D eigenvalue weighted by molar-refractivity contribution is -0.128. The second kappa shape index (κ2) is 10.4. The van der Waals surface area contributed by atoms with Gasteiger partial charge in [-0.2, -0.15) is 0 Å². The predicted octanol–water partition coefficient (Wildman–Crippen LogP) is 4.13. The van der Waals surface area contributed by atoms with Crippen LogP contribution in [-0.4, -0.2) is 35.0 Å². The van der Waals surface area contributed by atoms with E-state index < -0.39 is 5.97 Å². The van der Waals surface area contributed by atoms with E-state index in [1.165, 1.54) is 0 Å². The summed E-state index contributed by atoms with van der Waals surface area (Å²) < 4.78 is 5.01. The number of carbonyl (C=O) groups excluding carboxylic acids is 2. The molecule has 0 bridgehead atoms. The van der Waals surface area contributed by atoms with Gasteiger partial charge < -0.3 is 20.3 Å². The SMILES string of the molecule is CCOC(=O)c1cc(NC(=S)NCc2ccc(CN3CCCC3=O)cc2)ccc1Cl. The average molecular weight is 446 g/mol. The van der Waals surface area contributed by atoms with E-state index in [0.29, 0.717) is 40.9 Å². The summed E-state index contributed by atoms with van der Waals surface area (Å²) in [5, 5.41) is 6.95. The molecule has 0 aromatic heterocycles. The Morgan fingerprint density at radius 2 is 1.93 bits per heavy atom. The third kappa shape index (κ3) is 5.93. The van der Waals surface area contributed by atoms with Gasteiger partial charge in [0, 0.05) is 31.7 Å². The van der Waals surface area contributed by atoms with E-state index in [-0.39, 0.29) is 12.5 Å². The molecule has 0 aliphatic carbocycles. The van der Waals surface area contributed by atoms with Gasteiger partial charge in [0.2, 0.25) is 5.91 Å². The lowest BCUT2D eigenvalue weighted by Crippen LogP contribution is -2.28. The van der Waals surface area contributed by atoms with Crippen molar-refractivity contribution in [3.05, 3.63) is 64.2 Å². The van der Waals surface area contributed by atoms with E-state index >= 15 is 0 Å². The Kier molecular flexibility index (Phi) is 7.65. The molecular formula is C22H24ClN3O3S. The maximum atomic E-state index is 12.0. The van der Waals surface area contributed by atoms with Crippen LogP contribution < -0.4 is 10.6 Å². The molecule has 0 radical (unpaired) electrons. The second-order valence-electron chi connectivity index (χ2n) is 6.96. The van der Waals surface area contributed by atoms with Gasteiger partial charge in [-0.1, -0.05) is 35.9 Å². The molecule has 1 aliphatic heterocycles. The highest BCUT2D eigenvalue weighted by atomic mass is 35.5. The van der Waals surface area contributed by atoms with Gasteiger partial charge in [0.15, 0.2) is 5.11 Å². The van der Waals surface area contributed by atoms with Gasteiger partial charge in [-0.25, -0.2) is 4.79 Å². The third-order valence-corrected chi connectivity index (χ3v) is 5.32. The van der Waals surface area contributed by atoms with Crippen molar-refractivity contribution in [2.24, 2.45) is 0 Å². The number of likely N-dealkylation sites (tertiary alicyclic amines) is 1. The van der Waals surface area contributed by atoms with Crippen molar-refractivity contribution >= 4 is 46.5 Å². The Hall–Kier alpha value is -2.64. The maximum absolute atomic E-state index is 12.0. The van der Waals surface area contributed by atoms with E-state index in [1.807, 2.05) is 29.2 Å². The Morgan fingerprint density at radius 3 is 2.60 bits per heavy atom. The minimum atomic E-state index is -0.472. The largest absolute Gasteiger partial charge is 0.462 e. The van der Waals surface area contributed by atoms with Gasteiger partial charge >= 0.3 is 5.97 Å². The highest BCUT2D eigenvalue weighted by Crippen LogP contribution is 2.21.